The molecule has 6 nitrogen and oxygen atoms in total. The van der Waals surface area contributed by atoms with Crippen molar-refractivity contribution in [3.63, 3.8) is 0 Å². The molecule has 1 aromatic rings. The first-order valence-corrected chi connectivity index (χ1v) is 7.98. The molecule has 2 heterocycles. The van der Waals surface area contributed by atoms with Gasteiger partial charge >= 0.3 is 12.2 Å². The number of cyclic esters (lactones) is 2. The van der Waals surface area contributed by atoms with E-state index in [4.69, 9.17) is 9.47 Å². The maximum absolute atomic E-state index is 12.0. The van der Waals surface area contributed by atoms with E-state index in [1.807, 2.05) is 24.3 Å². The van der Waals surface area contributed by atoms with Crippen LogP contribution in [0, 0.1) is 5.92 Å². The van der Waals surface area contributed by atoms with Gasteiger partial charge < -0.3 is 14.4 Å². The summed E-state index contributed by atoms with van der Waals surface area (Å²) < 4.78 is 10.2. The first-order chi connectivity index (χ1) is 11.1. The van der Waals surface area contributed by atoms with Crippen molar-refractivity contribution in [3.8, 4) is 0 Å². The molecule has 2 amide bonds. The largest absolute Gasteiger partial charge is 0.448 e. The molecule has 1 unspecified atom stereocenters. The fourth-order valence-electron chi connectivity index (χ4n) is 3.02. The van der Waals surface area contributed by atoms with Gasteiger partial charge in [-0.3, -0.25) is 4.90 Å². The van der Waals surface area contributed by atoms with Crippen molar-refractivity contribution in [3.05, 3.63) is 35.4 Å². The third-order valence-corrected chi connectivity index (χ3v) is 4.45. The normalized spacial score (nSPS) is 21.1. The number of carbonyl (C=O) groups excluding carboxylic acids is 2. The number of carbonyl (C=O) groups is 2. The minimum absolute atomic E-state index is 0.0901. The third-order valence-electron chi connectivity index (χ3n) is 4.45. The van der Waals surface area contributed by atoms with Crippen molar-refractivity contribution in [1.29, 1.82) is 0 Å². The molecule has 3 rings (SSSR count). The van der Waals surface area contributed by atoms with Crippen LogP contribution in [0.25, 0.3) is 0 Å². The summed E-state index contributed by atoms with van der Waals surface area (Å²) in [4.78, 5) is 27.1. The van der Waals surface area contributed by atoms with Crippen molar-refractivity contribution in [2.24, 2.45) is 5.92 Å². The van der Waals surface area contributed by atoms with E-state index in [-0.39, 0.29) is 18.2 Å². The van der Waals surface area contributed by atoms with Crippen molar-refractivity contribution in [1.82, 2.24) is 9.80 Å². The summed E-state index contributed by atoms with van der Waals surface area (Å²) in [6.45, 7) is 6.67. The van der Waals surface area contributed by atoms with Gasteiger partial charge in [0.2, 0.25) is 0 Å². The van der Waals surface area contributed by atoms with Gasteiger partial charge in [-0.2, -0.15) is 0 Å². The summed E-state index contributed by atoms with van der Waals surface area (Å²) in [6.07, 6.45) is -0.542. The Morgan fingerprint density at radius 3 is 2.39 bits per heavy atom. The molecule has 2 fully saturated rings. The highest BCUT2D eigenvalue weighted by molar-refractivity contribution is 5.70. The molecule has 124 valence electrons. The van der Waals surface area contributed by atoms with Crippen LogP contribution in [-0.4, -0.2) is 47.8 Å². The molecule has 0 N–H and O–H groups in total. The Morgan fingerprint density at radius 1 is 1.09 bits per heavy atom. The zero-order valence-electron chi connectivity index (χ0n) is 13.5. The minimum atomic E-state index is -0.277. The van der Waals surface area contributed by atoms with E-state index in [1.54, 1.807) is 9.80 Å². The van der Waals surface area contributed by atoms with E-state index in [0.29, 0.717) is 38.8 Å². The molecular weight excluding hydrogens is 296 g/mol. The average molecular weight is 318 g/mol. The van der Waals surface area contributed by atoms with Gasteiger partial charge in [0.05, 0.1) is 12.6 Å². The number of hydrogen-bond acceptors (Lipinski definition) is 4. The van der Waals surface area contributed by atoms with Crippen molar-refractivity contribution < 1.29 is 19.1 Å². The van der Waals surface area contributed by atoms with Crippen LogP contribution in [-0.2, 0) is 22.6 Å². The van der Waals surface area contributed by atoms with Gasteiger partial charge in [0.25, 0.3) is 0 Å². The van der Waals surface area contributed by atoms with Gasteiger partial charge in [0, 0.05) is 13.1 Å². The zero-order chi connectivity index (χ0) is 16.4. The van der Waals surface area contributed by atoms with Gasteiger partial charge in [0.15, 0.2) is 0 Å². The first-order valence-electron chi connectivity index (χ1n) is 7.98. The van der Waals surface area contributed by atoms with Crippen molar-refractivity contribution >= 4 is 12.2 Å². The summed E-state index contributed by atoms with van der Waals surface area (Å²) in [7, 11) is 0. The highest BCUT2D eigenvalue weighted by Gasteiger charge is 2.35. The summed E-state index contributed by atoms with van der Waals surface area (Å²) in [5, 5.41) is 0. The van der Waals surface area contributed by atoms with Gasteiger partial charge in [-0.05, 0) is 17.0 Å². The lowest BCUT2D eigenvalue weighted by Gasteiger charge is -2.25. The molecular formula is C17H22N2O4. The van der Waals surface area contributed by atoms with Crippen molar-refractivity contribution in [2.45, 2.75) is 33.0 Å². The molecule has 6 heteroatoms. The molecule has 1 atom stereocenters. The molecule has 23 heavy (non-hydrogen) atoms. The van der Waals surface area contributed by atoms with Gasteiger partial charge in [-0.25, -0.2) is 9.59 Å². The SMILES string of the molecule is CC(C)C1COC(=O)N1Cc1ccccc1CN1CCOC1=O. The quantitative estimate of drug-likeness (QED) is 0.837. The lowest BCUT2D eigenvalue weighted by molar-refractivity contribution is 0.153. The fraction of sp³-hybridized carbons (Fsp3) is 0.529. The van der Waals surface area contributed by atoms with Gasteiger partial charge in [-0.15, -0.1) is 0 Å². The topological polar surface area (TPSA) is 59.1 Å². The minimum Gasteiger partial charge on any atom is -0.448 e. The Kier molecular flexibility index (Phi) is 4.41. The fourth-order valence-corrected chi connectivity index (χ4v) is 3.02. The number of rotatable bonds is 5. The number of nitrogens with zero attached hydrogens (tertiary/aromatic N) is 2. The molecule has 0 radical (unpaired) electrons. The molecule has 2 aliphatic rings. The second-order valence-electron chi connectivity index (χ2n) is 6.32. The summed E-state index contributed by atoms with van der Waals surface area (Å²) in [5.74, 6) is 0.335. The number of benzene rings is 1. The summed E-state index contributed by atoms with van der Waals surface area (Å²) in [6, 6.07) is 7.98. The van der Waals surface area contributed by atoms with E-state index in [2.05, 4.69) is 13.8 Å². The molecule has 1 aromatic carbocycles. The lowest BCUT2D eigenvalue weighted by Crippen LogP contribution is -2.37. The molecule has 2 aliphatic heterocycles. The van der Waals surface area contributed by atoms with Crippen LogP contribution < -0.4 is 0 Å². The Bertz CT molecular complexity index is 602. The predicted molar refractivity (Wildman–Crippen MR) is 83.7 cm³/mol. The maximum Gasteiger partial charge on any atom is 0.410 e. The predicted octanol–water partition coefficient (Wildman–Crippen LogP) is 2.62. The standard InChI is InChI=1S/C17H22N2O4/c1-12(2)15-11-23-17(21)19(15)10-14-6-4-3-5-13(14)9-18-7-8-22-16(18)20/h3-6,12,15H,7-11H2,1-2H3. The van der Waals surface area contributed by atoms with E-state index >= 15 is 0 Å². The molecule has 0 bridgehead atoms. The van der Waals surface area contributed by atoms with E-state index in [9.17, 15) is 9.59 Å². The summed E-state index contributed by atoms with van der Waals surface area (Å²) in [5.41, 5.74) is 2.07. The molecule has 0 spiro atoms. The van der Waals surface area contributed by atoms with E-state index < -0.39 is 0 Å². The van der Waals surface area contributed by atoms with Crippen LogP contribution in [0.4, 0.5) is 9.59 Å². The third kappa shape index (κ3) is 3.25. The monoisotopic (exact) mass is 318 g/mol. The second kappa shape index (κ2) is 6.48. The van der Waals surface area contributed by atoms with Crippen LogP contribution in [0.2, 0.25) is 0 Å². The first kappa shape index (κ1) is 15.6. The van der Waals surface area contributed by atoms with Gasteiger partial charge in [-0.1, -0.05) is 38.1 Å². The second-order valence-corrected chi connectivity index (χ2v) is 6.32. The highest BCUT2D eigenvalue weighted by Crippen LogP contribution is 2.24. The molecule has 0 saturated carbocycles. The van der Waals surface area contributed by atoms with Crippen LogP contribution in [0.5, 0.6) is 0 Å². The maximum atomic E-state index is 12.0. The molecule has 2 saturated heterocycles. The Balaban J connectivity index is 1.77. The zero-order valence-corrected chi connectivity index (χ0v) is 13.5. The van der Waals surface area contributed by atoms with Crippen LogP contribution in [0.1, 0.15) is 25.0 Å². The van der Waals surface area contributed by atoms with E-state index in [0.717, 1.165) is 11.1 Å². The lowest BCUT2D eigenvalue weighted by atomic mass is 10.0. The Labute approximate surface area is 136 Å². The smallest absolute Gasteiger partial charge is 0.410 e. The Hall–Kier alpha value is -2.24. The molecule has 0 aliphatic carbocycles. The highest BCUT2D eigenvalue weighted by atomic mass is 16.6. The molecule has 0 aromatic heterocycles. The Morgan fingerprint density at radius 2 is 1.78 bits per heavy atom. The van der Waals surface area contributed by atoms with Gasteiger partial charge in [0.1, 0.15) is 13.2 Å². The summed E-state index contributed by atoms with van der Waals surface area (Å²) >= 11 is 0. The number of hydrogen-bond donors (Lipinski definition) is 0. The van der Waals surface area contributed by atoms with Crippen molar-refractivity contribution in [2.75, 3.05) is 19.8 Å². The number of ether oxygens (including phenoxy) is 2. The average Bonchev–Trinajstić information content (AvgIpc) is 3.08. The van der Waals surface area contributed by atoms with Crippen LogP contribution in [0.3, 0.4) is 0 Å². The van der Waals surface area contributed by atoms with Crippen LogP contribution >= 0.6 is 0 Å². The number of amides is 2. The van der Waals surface area contributed by atoms with Crippen LogP contribution in [0.15, 0.2) is 24.3 Å². The van der Waals surface area contributed by atoms with E-state index in [1.165, 1.54) is 0 Å².